The summed E-state index contributed by atoms with van der Waals surface area (Å²) in [5.74, 6) is 2.60. The molecule has 0 fully saturated rings. The van der Waals surface area contributed by atoms with Gasteiger partial charge in [0.2, 0.25) is 0 Å². The van der Waals surface area contributed by atoms with Crippen LogP contribution in [0.5, 0.6) is 0 Å². The van der Waals surface area contributed by atoms with Crippen LogP contribution < -0.4 is 5.73 Å². The van der Waals surface area contributed by atoms with Gasteiger partial charge in [-0.25, -0.2) is 0 Å². The van der Waals surface area contributed by atoms with Crippen LogP contribution in [0.2, 0.25) is 0 Å². The molecule has 0 saturated heterocycles. The zero-order chi connectivity index (χ0) is 10.6. The summed E-state index contributed by atoms with van der Waals surface area (Å²) >= 11 is 3.48. The number of nitrogens with two attached hydrogens (primary N) is 1. The van der Waals surface area contributed by atoms with Gasteiger partial charge in [0.15, 0.2) is 0 Å². The number of halogens is 1. The van der Waals surface area contributed by atoms with Gasteiger partial charge in [0, 0.05) is 16.7 Å². The lowest BCUT2D eigenvalue weighted by molar-refractivity contribution is 0.368. The Morgan fingerprint density at radius 1 is 1.57 bits per heavy atom. The van der Waals surface area contributed by atoms with Gasteiger partial charge in [-0.15, -0.1) is 6.42 Å². The molecule has 0 aliphatic carbocycles. The standard InChI is InChI=1S/C11H13BrN2/c1-3-6-14(2)8-9-7-10(13)4-5-11(9)12/h1,4-5,7H,6,8,13H2,2H3. The van der Waals surface area contributed by atoms with Crippen LogP contribution in [0.1, 0.15) is 5.56 Å². The van der Waals surface area contributed by atoms with Crippen LogP contribution in [0.25, 0.3) is 0 Å². The van der Waals surface area contributed by atoms with Crippen molar-refractivity contribution in [3.63, 3.8) is 0 Å². The molecule has 0 saturated carbocycles. The first-order chi connectivity index (χ1) is 6.63. The summed E-state index contributed by atoms with van der Waals surface area (Å²) < 4.78 is 1.07. The molecule has 0 aromatic heterocycles. The zero-order valence-electron chi connectivity index (χ0n) is 8.13. The van der Waals surface area contributed by atoms with Gasteiger partial charge in [-0.3, -0.25) is 4.90 Å². The number of anilines is 1. The lowest BCUT2D eigenvalue weighted by Gasteiger charge is -2.14. The van der Waals surface area contributed by atoms with E-state index in [0.29, 0.717) is 6.54 Å². The van der Waals surface area contributed by atoms with Crippen LogP contribution in [-0.2, 0) is 6.54 Å². The fourth-order valence-electron chi connectivity index (χ4n) is 1.22. The first-order valence-corrected chi connectivity index (χ1v) is 5.08. The molecule has 14 heavy (non-hydrogen) atoms. The number of nitrogen functional groups attached to an aromatic ring is 1. The average molecular weight is 253 g/mol. The Balaban J connectivity index is 2.76. The summed E-state index contributed by atoms with van der Waals surface area (Å²) in [7, 11) is 1.98. The van der Waals surface area contributed by atoms with Gasteiger partial charge in [0.05, 0.1) is 6.54 Å². The molecule has 0 radical (unpaired) electrons. The van der Waals surface area contributed by atoms with Gasteiger partial charge in [-0.05, 0) is 30.8 Å². The van der Waals surface area contributed by atoms with Crippen LogP contribution >= 0.6 is 15.9 Å². The van der Waals surface area contributed by atoms with E-state index in [1.807, 2.05) is 25.2 Å². The van der Waals surface area contributed by atoms with Crippen molar-refractivity contribution in [2.45, 2.75) is 6.54 Å². The highest BCUT2D eigenvalue weighted by Gasteiger charge is 2.03. The first-order valence-electron chi connectivity index (χ1n) is 4.29. The molecule has 0 heterocycles. The van der Waals surface area contributed by atoms with Gasteiger partial charge in [-0.2, -0.15) is 0 Å². The monoisotopic (exact) mass is 252 g/mol. The van der Waals surface area contributed by atoms with Crippen molar-refractivity contribution in [3.05, 3.63) is 28.2 Å². The molecule has 0 aliphatic rings. The molecule has 0 aliphatic heterocycles. The van der Waals surface area contributed by atoms with E-state index in [2.05, 4.69) is 26.8 Å². The average Bonchev–Trinajstić information content (AvgIpc) is 2.12. The molecule has 1 aromatic rings. The first kappa shape index (κ1) is 11.1. The second-order valence-corrected chi connectivity index (χ2v) is 4.08. The maximum absolute atomic E-state index is 5.70. The molecular weight excluding hydrogens is 240 g/mol. The quantitative estimate of drug-likeness (QED) is 0.660. The number of hydrogen-bond donors (Lipinski definition) is 1. The van der Waals surface area contributed by atoms with Crippen molar-refractivity contribution in [2.24, 2.45) is 0 Å². The van der Waals surface area contributed by atoms with E-state index < -0.39 is 0 Å². The van der Waals surface area contributed by atoms with E-state index in [-0.39, 0.29) is 0 Å². The summed E-state index contributed by atoms with van der Waals surface area (Å²) in [6, 6.07) is 5.78. The highest BCUT2D eigenvalue weighted by atomic mass is 79.9. The number of hydrogen-bond acceptors (Lipinski definition) is 2. The Bertz CT molecular complexity index is 355. The molecule has 0 unspecified atom stereocenters. The summed E-state index contributed by atoms with van der Waals surface area (Å²) in [6.45, 7) is 1.44. The lowest BCUT2D eigenvalue weighted by atomic mass is 10.2. The van der Waals surface area contributed by atoms with Gasteiger partial charge in [0.25, 0.3) is 0 Å². The number of rotatable bonds is 3. The van der Waals surface area contributed by atoms with Gasteiger partial charge < -0.3 is 5.73 Å². The second-order valence-electron chi connectivity index (χ2n) is 3.23. The maximum atomic E-state index is 5.70. The Hall–Kier alpha value is -0.980. The van der Waals surface area contributed by atoms with Crippen LogP contribution in [0, 0.1) is 12.3 Å². The van der Waals surface area contributed by atoms with Gasteiger partial charge in [0.1, 0.15) is 0 Å². The molecule has 1 aromatic carbocycles. The van der Waals surface area contributed by atoms with E-state index in [1.54, 1.807) is 0 Å². The van der Waals surface area contributed by atoms with Crippen LogP contribution in [-0.4, -0.2) is 18.5 Å². The molecule has 3 heteroatoms. The van der Waals surface area contributed by atoms with E-state index in [4.69, 9.17) is 12.2 Å². The predicted octanol–water partition coefficient (Wildman–Crippen LogP) is 2.10. The Kier molecular flexibility index (Phi) is 3.99. The third kappa shape index (κ3) is 3.06. The molecule has 2 nitrogen and oxygen atoms in total. The third-order valence-corrected chi connectivity index (χ3v) is 2.64. The number of nitrogens with zero attached hydrogens (tertiary/aromatic N) is 1. The Morgan fingerprint density at radius 2 is 2.29 bits per heavy atom. The molecule has 74 valence electrons. The van der Waals surface area contributed by atoms with Crippen molar-refractivity contribution in [3.8, 4) is 12.3 Å². The van der Waals surface area contributed by atoms with E-state index in [9.17, 15) is 0 Å². The molecule has 1 rings (SSSR count). The fraction of sp³-hybridized carbons (Fsp3) is 0.273. The van der Waals surface area contributed by atoms with Crippen molar-refractivity contribution in [1.29, 1.82) is 0 Å². The molecule has 2 N–H and O–H groups in total. The number of terminal acetylenes is 1. The summed E-state index contributed by atoms with van der Waals surface area (Å²) in [5.41, 5.74) is 7.63. The van der Waals surface area contributed by atoms with Crippen molar-refractivity contribution in [2.75, 3.05) is 19.3 Å². The fourth-order valence-corrected chi connectivity index (χ4v) is 1.59. The molecular formula is C11H13BrN2. The molecule has 0 bridgehead atoms. The topological polar surface area (TPSA) is 29.3 Å². The van der Waals surface area contributed by atoms with Gasteiger partial charge in [-0.1, -0.05) is 21.9 Å². The van der Waals surface area contributed by atoms with Crippen LogP contribution in [0.3, 0.4) is 0 Å². The van der Waals surface area contributed by atoms with Crippen molar-refractivity contribution >= 4 is 21.6 Å². The Labute approximate surface area is 93.2 Å². The molecule has 0 spiro atoms. The summed E-state index contributed by atoms with van der Waals surface area (Å²) in [5, 5.41) is 0. The SMILES string of the molecule is C#CCN(C)Cc1cc(N)ccc1Br. The van der Waals surface area contributed by atoms with E-state index in [1.165, 1.54) is 0 Å². The summed E-state index contributed by atoms with van der Waals surface area (Å²) in [4.78, 5) is 2.06. The predicted molar refractivity (Wildman–Crippen MR) is 63.7 cm³/mol. The zero-order valence-corrected chi connectivity index (χ0v) is 9.71. The smallest absolute Gasteiger partial charge is 0.0599 e. The number of benzene rings is 1. The molecule has 0 atom stereocenters. The normalized spacial score (nSPS) is 10.1. The highest BCUT2D eigenvalue weighted by Crippen LogP contribution is 2.20. The maximum Gasteiger partial charge on any atom is 0.0599 e. The van der Waals surface area contributed by atoms with E-state index in [0.717, 1.165) is 22.3 Å². The van der Waals surface area contributed by atoms with Crippen LogP contribution in [0.4, 0.5) is 5.69 Å². The lowest BCUT2D eigenvalue weighted by Crippen LogP contribution is -2.18. The van der Waals surface area contributed by atoms with Crippen molar-refractivity contribution < 1.29 is 0 Å². The van der Waals surface area contributed by atoms with Gasteiger partial charge >= 0.3 is 0 Å². The Morgan fingerprint density at radius 3 is 2.93 bits per heavy atom. The second kappa shape index (κ2) is 5.04. The molecule has 0 amide bonds. The highest BCUT2D eigenvalue weighted by molar-refractivity contribution is 9.10. The minimum atomic E-state index is 0.640. The minimum absolute atomic E-state index is 0.640. The summed E-state index contributed by atoms with van der Waals surface area (Å²) in [6.07, 6.45) is 5.22. The third-order valence-electron chi connectivity index (χ3n) is 1.87. The van der Waals surface area contributed by atoms with E-state index >= 15 is 0 Å². The largest absolute Gasteiger partial charge is 0.399 e. The van der Waals surface area contributed by atoms with Crippen molar-refractivity contribution in [1.82, 2.24) is 4.90 Å². The minimum Gasteiger partial charge on any atom is -0.399 e. The van der Waals surface area contributed by atoms with Crippen LogP contribution in [0.15, 0.2) is 22.7 Å².